The number of hydrogen-bond donors (Lipinski definition) is 0. The van der Waals surface area contributed by atoms with Gasteiger partial charge in [-0.15, -0.1) is 0 Å². The fraction of sp³-hybridized carbons (Fsp3) is 0. The third kappa shape index (κ3) is 6.15. The van der Waals surface area contributed by atoms with Gasteiger partial charge >= 0.3 is 0 Å². The molecule has 0 atom stereocenters. The summed E-state index contributed by atoms with van der Waals surface area (Å²) in [4.78, 5) is 15.9. The van der Waals surface area contributed by atoms with Crippen molar-refractivity contribution in [3.63, 3.8) is 0 Å². The Labute approximate surface area is 342 Å². The predicted octanol–water partition coefficient (Wildman–Crippen LogP) is 14.1. The van der Waals surface area contributed by atoms with E-state index in [1.54, 1.807) is 0 Å². The summed E-state index contributed by atoms with van der Waals surface area (Å²) in [5, 5.41) is 4.65. The Morgan fingerprint density at radius 2 is 0.678 bits per heavy atom. The van der Waals surface area contributed by atoms with Gasteiger partial charge in [0.05, 0.1) is 16.7 Å². The minimum absolute atomic E-state index is 0.605. The summed E-state index contributed by atoms with van der Waals surface area (Å²) < 4.78 is 2.39. The number of para-hydroxylation sites is 2. The van der Waals surface area contributed by atoms with Crippen molar-refractivity contribution in [3.8, 4) is 73.2 Å². The van der Waals surface area contributed by atoms with Crippen molar-refractivity contribution >= 4 is 32.6 Å². The SMILES string of the molecule is c1ccc(-c2cccc(-c3nc(-c4ccc(-c5ccccc5)c(-n5c6ccccc6c6ccccc65)c4)nc(-c4ccc(-c5ccccc5)c5ccccc45)n3)c2)cc1. The molecule has 0 spiro atoms. The highest BCUT2D eigenvalue weighted by atomic mass is 15.0. The van der Waals surface area contributed by atoms with Crippen LogP contribution in [0.25, 0.3) is 106 Å². The van der Waals surface area contributed by atoms with Crippen molar-refractivity contribution < 1.29 is 0 Å². The van der Waals surface area contributed by atoms with Crippen molar-refractivity contribution in [2.75, 3.05) is 0 Å². The molecule has 0 bridgehead atoms. The Kier molecular flexibility index (Phi) is 8.45. The number of nitrogens with zero attached hydrogens (tertiary/aromatic N) is 4. The van der Waals surface area contributed by atoms with Gasteiger partial charge in [-0.05, 0) is 68.9 Å². The third-order valence-corrected chi connectivity index (χ3v) is 11.3. The van der Waals surface area contributed by atoms with Crippen molar-refractivity contribution in [2.24, 2.45) is 0 Å². The van der Waals surface area contributed by atoms with Gasteiger partial charge in [0.1, 0.15) is 0 Å². The van der Waals surface area contributed by atoms with E-state index in [-0.39, 0.29) is 0 Å². The molecule has 0 unspecified atom stereocenters. The van der Waals surface area contributed by atoms with E-state index in [0.29, 0.717) is 17.5 Å². The van der Waals surface area contributed by atoms with Crippen LogP contribution in [-0.2, 0) is 0 Å². The predicted molar refractivity (Wildman–Crippen MR) is 244 cm³/mol. The van der Waals surface area contributed by atoms with Crippen LogP contribution >= 0.6 is 0 Å². The van der Waals surface area contributed by atoms with E-state index in [1.165, 1.54) is 21.9 Å². The molecule has 4 nitrogen and oxygen atoms in total. The van der Waals surface area contributed by atoms with E-state index in [0.717, 1.165) is 66.4 Å². The average molecular weight is 753 g/mol. The molecule has 0 fully saturated rings. The van der Waals surface area contributed by atoms with Crippen LogP contribution in [0.5, 0.6) is 0 Å². The Morgan fingerprint density at radius 1 is 0.254 bits per heavy atom. The molecule has 0 aliphatic carbocycles. The van der Waals surface area contributed by atoms with Gasteiger partial charge in [-0.1, -0.05) is 188 Å². The monoisotopic (exact) mass is 752 g/mol. The van der Waals surface area contributed by atoms with E-state index < -0.39 is 0 Å². The van der Waals surface area contributed by atoms with E-state index in [1.807, 2.05) is 6.07 Å². The van der Waals surface area contributed by atoms with E-state index >= 15 is 0 Å². The molecule has 276 valence electrons. The van der Waals surface area contributed by atoms with Gasteiger partial charge in [-0.25, -0.2) is 15.0 Å². The first kappa shape index (κ1) is 34.3. The van der Waals surface area contributed by atoms with Crippen molar-refractivity contribution in [3.05, 3.63) is 218 Å². The standard InChI is InChI=1S/C55H36N4/c1-4-17-37(18-5-1)40-23-16-24-41(35-40)53-56-54(58-55(57-53)49-34-33-43(38-19-6-2-7-20-38)45-25-10-11-26-46(45)49)42-31-32-44(39-21-8-3-9-22-39)52(36-42)59-50-29-14-12-27-47(50)48-28-13-15-30-51(48)59/h1-36H. The normalized spacial score (nSPS) is 11.4. The van der Waals surface area contributed by atoms with Gasteiger partial charge in [0.2, 0.25) is 0 Å². The molecule has 59 heavy (non-hydrogen) atoms. The molecule has 0 aliphatic heterocycles. The zero-order chi connectivity index (χ0) is 39.1. The van der Waals surface area contributed by atoms with Crippen LogP contribution in [0.1, 0.15) is 0 Å². The summed E-state index contributed by atoms with van der Waals surface area (Å²) in [6, 6.07) is 76.9. The van der Waals surface area contributed by atoms with Gasteiger partial charge in [-0.2, -0.15) is 0 Å². The van der Waals surface area contributed by atoms with Crippen LogP contribution in [0.15, 0.2) is 218 Å². The highest BCUT2D eigenvalue weighted by Gasteiger charge is 2.20. The molecular formula is C55H36N4. The number of benzene rings is 9. The second-order valence-corrected chi connectivity index (χ2v) is 14.8. The lowest BCUT2D eigenvalue weighted by molar-refractivity contribution is 1.07. The molecule has 0 saturated heterocycles. The largest absolute Gasteiger partial charge is 0.309 e. The van der Waals surface area contributed by atoms with Crippen LogP contribution in [0.2, 0.25) is 0 Å². The maximum absolute atomic E-state index is 5.35. The average Bonchev–Trinajstić information content (AvgIpc) is 3.66. The molecule has 2 aromatic heterocycles. The molecule has 2 heterocycles. The summed E-state index contributed by atoms with van der Waals surface area (Å²) in [5.74, 6) is 1.84. The zero-order valence-corrected chi connectivity index (χ0v) is 32.1. The summed E-state index contributed by atoms with van der Waals surface area (Å²) in [6.45, 7) is 0. The fourth-order valence-electron chi connectivity index (χ4n) is 8.49. The first-order valence-electron chi connectivity index (χ1n) is 19.9. The fourth-order valence-corrected chi connectivity index (χ4v) is 8.49. The summed E-state index contributed by atoms with van der Waals surface area (Å²) in [5.41, 5.74) is 12.9. The topological polar surface area (TPSA) is 43.6 Å². The first-order valence-corrected chi connectivity index (χ1v) is 19.9. The van der Waals surface area contributed by atoms with Gasteiger partial charge in [0.15, 0.2) is 17.5 Å². The van der Waals surface area contributed by atoms with E-state index in [4.69, 9.17) is 15.0 Å². The Bertz CT molecular complexity index is 3260. The van der Waals surface area contributed by atoms with E-state index in [9.17, 15) is 0 Å². The lowest BCUT2D eigenvalue weighted by atomic mass is 9.94. The third-order valence-electron chi connectivity index (χ3n) is 11.3. The van der Waals surface area contributed by atoms with Gasteiger partial charge in [0, 0.05) is 33.0 Å². The molecular weight excluding hydrogens is 717 g/mol. The van der Waals surface area contributed by atoms with Crippen molar-refractivity contribution in [1.82, 2.24) is 19.5 Å². The van der Waals surface area contributed by atoms with Gasteiger partial charge < -0.3 is 4.57 Å². The number of aromatic nitrogens is 4. The van der Waals surface area contributed by atoms with Crippen molar-refractivity contribution in [1.29, 1.82) is 0 Å². The molecule has 0 saturated carbocycles. The summed E-state index contributed by atoms with van der Waals surface area (Å²) in [7, 11) is 0. The number of hydrogen-bond acceptors (Lipinski definition) is 3. The molecule has 0 aliphatic rings. The van der Waals surface area contributed by atoms with Crippen LogP contribution in [0.3, 0.4) is 0 Å². The van der Waals surface area contributed by atoms with Crippen LogP contribution < -0.4 is 0 Å². The molecule has 11 aromatic rings. The van der Waals surface area contributed by atoms with Crippen LogP contribution in [0, 0.1) is 0 Å². The minimum atomic E-state index is 0.605. The lowest BCUT2D eigenvalue weighted by Gasteiger charge is -2.17. The quantitative estimate of drug-likeness (QED) is 0.163. The molecule has 4 heteroatoms. The first-order chi connectivity index (χ1) is 29.3. The zero-order valence-electron chi connectivity index (χ0n) is 32.1. The molecule has 0 radical (unpaired) electrons. The highest BCUT2D eigenvalue weighted by Crippen LogP contribution is 2.40. The second kappa shape index (κ2) is 14.5. The molecule has 0 amide bonds. The number of fused-ring (bicyclic) bond motifs is 4. The highest BCUT2D eigenvalue weighted by molar-refractivity contribution is 6.10. The number of rotatable bonds is 7. The Morgan fingerprint density at radius 3 is 1.31 bits per heavy atom. The maximum atomic E-state index is 5.35. The summed E-state index contributed by atoms with van der Waals surface area (Å²) in [6.07, 6.45) is 0. The molecule has 9 aromatic carbocycles. The maximum Gasteiger partial charge on any atom is 0.164 e. The van der Waals surface area contributed by atoms with Gasteiger partial charge in [-0.3, -0.25) is 0 Å². The molecule has 0 N–H and O–H groups in total. The van der Waals surface area contributed by atoms with Crippen LogP contribution in [0.4, 0.5) is 0 Å². The Balaban J connectivity index is 1.16. The van der Waals surface area contributed by atoms with Crippen molar-refractivity contribution in [2.45, 2.75) is 0 Å². The van der Waals surface area contributed by atoms with Crippen LogP contribution in [-0.4, -0.2) is 19.5 Å². The summed E-state index contributed by atoms with van der Waals surface area (Å²) >= 11 is 0. The Hall–Kier alpha value is -7.95. The van der Waals surface area contributed by atoms with Gasteiger partial charge in [0.25, 0.3) is 0 Å². The minimum Gasteiger partial charge on any atom is -0.309 e. The smallest absolute Gasteiger partial charge is 0.164 e. The van der Waals surface area contributed by atoms with E-state index in [2.05, 4.69) is 217 Å². The lowest BCUT2D eigenvalue weighted by Crippen LogP contribution is -2.03. The molecule has 11 rings (SSSR count). The second-order valence-electron chi connectivity index (χ2n) is 14.8.